The van der Waals surface area contributed by atoms with E-state index in [9.17, 15) is 0 Å². The van der Waals surface area contributed by atoms with Crippen LogP contribution in [0, 0.1) is 0 Å². The monoisotopic (exact) mass is 136 g/mol. The SMILES string of the molecule is C1=CN2C=NCC=C2NN1. The summed E-state index contributed by atoms with van der Waals surface area (Å²) in [6.07, 6.45) is 7.52. The standard InChI is InChI=1S/C6H8N4/c1-2-7-5-10-4-3-8-9-6(1)10/h1,3-5,8-9H,2H2. The van der Waals surface area contributed by atoms with E-state index < -0.39 is 0 Å². The molecule has 0 saturated heterocycles. The van der Waals surface area contributed by atoms with Crippen molar-refractivity contribution in [2.75, 3.05) is 6.54 Å². The summed E-state index contributed by atoms with van der Waals surface area (Å²) in [5.41, 5.74) is 5.86. The van der Waals surface area contributed by atoms with Gasteiger partial charge in [-0.25, -0.2) is 0 Å². The van der Waals surface area contributed by atoms with Gasteiger partial charge >= 0.3 is 0 Å². The van der Waals surface area contributed by atoms with Gasteiger partial charge in [0.25, 0.3) is 0 Å². The molecule has 0 radical (unpaired) electrons. The normalized spacial score (nSPS) is 20.8. The van der Waals surface area contributed by atoms with Crippen molar-refractivity contribution < 1.29 is 0 Å². The summed E-state index contributed by atoms with van der Waals surface area (Å²) in [5, 5.41) is 0. The van der Waals surface area contributed by atoms with Crippen LogP contribution in [0.15, 0.2) is 29.3 Å². The molecule has 4 heteroatoms. The number of rotatable bonds is 0. The van der Waals surface area contributed by atoms with Gasteiger partial charge in [0, 0.05) is 12.4 Å². The highest BCUT2D eigenvalue weighted by molar-refractivity contribution is 5.61. The van der Waals surface area contributed by atoms with Gasteiger partial charge < -0.3 is 5.43 Å². The largest absolute Gasteiger partial charge is 0.305 e. The lowest BCUT2D eigenvalue weighted by Gasteiger charge is -2.25. The van der Waals surface area contributed by atoms with E-state index in [1.807, 2.05) is 23.4 Å². The third kappa shape index (κ3) is 0.737. The van der Waals surface area contributed by atoms with Crippen molar-refractivity contribution in [2.24, 2.45) is 4.99 Å². The minimum absolute atomic E-state index is 0.758. The van der Waals surface area contributed by atoms with Crippen LogP contribution in [-0.4, -0.2) is 17.8 Å². The summed E-state index contributed by atoms with van der Waals surface area (Å²) in [6.45, 7) is 0.758. The molecule has 2 N–H and O–H groups in total. The lowest BCUT2D eigenvalue weighted by molar-refractivity contribution is 0.520. The second kappa shape index (κ2) is 2.06. The molecule has 10 heavy (non-hydrogen) atoms. The number of nitrogens with zero attached hydrogens (tertiary/aromatic N) is 2. The van der Waals surface area contributed by atoms with Crippen molar-refractivity contribution in [1.82, 2.24) is 15.8 Å². The van der Waals surface area contributed by atoms with Gasteiger partial charge in [-0.1, -0.05) is 0 Å². The molecule has 52 valence electrons. The Kier molecular flexibility index (Phi) is 1.10. The van der Waals surface area contributed by atoms with E-state index in [1.54, 1.807) is 6.34 Å². The molecule has 2 rings (SSSR count). The van der Waals surface area contributed by atoms with Gasteiger partial charge in [0.05, 0.1) is 12.9 Å². The predicted octanol–water partition coefficient (Wildman–Crippen LogP) is -0.249. The average Bonchev–Trinajstić information content (AvgIpc) is 2.05. The molecule has 0 bridgehead atoms. The number of nitrogens with one attached hydrogen (secondary N) is 2. The van der Waals surface area contributed by atoms with Gasteiger partial charge in [-0.3, -0.25) is 15.3 Å². The average molecular weight is 136 g/mol. The molecule has 0 spiro atoms. The maximum absolute atomic E-state index is 4.07. The molecule has 0 fully saturated rings. The third-order valence-electron chi connectivity index (χ3n) is 1.39. The van der Waals surface area contributed by atoms with E-state index in [0.717, 1.165) is 12.4 Å². The fraction of sp³-hybridized carbons (Fsp3) is 0.167. The molecule has 0 aliphatic carbocycles. The molecule has 0 aromatic carbocycles. The van der Waals surface area contributed by atoms with Gasteiger partial charge in [-0.05, 0) is 6.08 Å². The van der Waals surface area contributed by atoms with Crippen LogP contribution in [0.5, 0.6) is 0 Å². The van der Waals surface area contributed by atoms with Crippen molar-refractivity contribution in [2.45, 2.75) is 0 Å². The highest BCUT2D eigenvalue weighted by Gasteiger charge is 2.08. The van der Waals surface area contributed by atoms with Crippen molar-refractivity contribution in [3.8, 4) is 0 Å². The lowest BCUT2D eigenvalue weighted by Crippen LogP contribution is -2.39. The number of hydrogen-bond acceptors (Lipinski definition) is 4. The minimum Gasteiger partial charge on any atom is -0.305 e. The molecule has 2 aliphatic heterocycles. The Labute approximate surface area is 58.9 Å². The van der Waals surface area contributed by atoms with E-state index in [2.05, 4.69) is 15.8 Å². The molecule has 0 aromatic rings. The summed E-state index contributed by atoms with van der Waals surface area (Å²) in [4.78, 5) is 5.98. The van der Waals surface area contributed by atoms with Gasteiger partial charge in [-0.2, -0.15) is 0 Å². The van der Waals surface area contributed by atoms with Crippen LogP contribution in [0.4, 0.5) is 0 Å². The first-order valence-corrected chi connectivity index (χ1v) is 3.13. The van der Waals surface area contributed by atoms with E-state index in [0.29, 0.717) is 0 Å². The van der Waals surface area contributed by atoms with Crippen LogP contribution in [0.1, 0.15) is 0 Å². The van der Waals surface area contributed by atoms with Crippen LogP contribution in [0.2, 0.25) is 0 Å². The number of aliphatic imine (C=N–C) groups is 1. The predicted molar refractivity (Wildman–Crippen MR) is 38.7 cm³/mol. The molecule has 0 unspecified atom stereocenters. The Morgan fingerprint density at radius 1 is 1.60 bits per heavy atom. The smallest absolute Gasteiger partial charge is 0.127 e. The number of hydrogen-bond donors (Lipinski definition) is 2. The fourth-order valence-corrected chi connectivity index (χ4v) is 0.909. The van der Waals surface area contributed by atoms with Crippen LogP contribution in [0.3, 0.4) is 0 Å². The van der Waals surface area contributed by atoms with Crippen molar-refractivity contribution in [1.29, 1.82) is 0 Å². The summed E-state index contributed by atoms with van der Waals surface area (Å²) in [5.74, 6) is 1.04. The number of fused-ring (bicyclic) bond motifs is 1. The molecule has 0 aromatic heterocycles. The molecular weight excluding hydrogens is 128 g/mol. The van der Waals surface area contributed by atoms with Crippen LogP contribution < -0.4 is 10.9 Å². The Morgan fingerprint density at radius 2 is 2.60 bits per heavy atom. The van der Waals surface area contributed by atoms with Gasteiger partial charge in [0.2, 0.25) is 0 Å². The Balaban J connectivity index is 2.26. The van der Waals surface area contributed by atoms with Gasteiger partial charge in [0.1, 0.15) is 5.82 Å². The first kappa shape index (κ1) is 5.34. The minimum atomic E-state index is 0.758. The summed E-state index contributed by atoms with van der Waals surface area (Å²) in [6, 6.07) is 0. The zero-order valence-corrected chi connectivity index (χ0v) is 5.41. The highest BCUT2D eigenvalue weighted by Crippen LogP contribution is 2.04. The summed E-state index contributed by atoms with van der Waals surface area (Å²) < 4.78 is 0. The summed E-state index contributed by atoms with van der Waals surface area (Å²) in [7, 11) is 0. The summed E-state index contributed by atoms with van der Waals surface area (Å²) >= 11 is 0. The van der Waals surface area contributed by atoms with Crippen LogP contribution >= 0.6 is 0 Å². The maximum atomic E-state index is 4.07. The van der Waals surface area contributed by atoms with E-state index in [4.69, 9.17) is 0 Å². The molecule has 2 heterocycles. The zero-order chi connectivity index (χ0) is 6.81. The van der Waals surface area contributed by atoms with E-state index >= 15 is 0 Å². The second-order valence-electron chi connectivity index (χ2n) is 2.06. The van der Waals surface area contributed by atoms with Crippen molar-refractivity contribution in [3.05, 3.63) is 24.3 Å². The molecular formula is C6H8N4. The topological polar surface area (TPSA) is 39.7 Å². The van der Waals surface area contributed by atoms with E-state index in [1.165, 1.54) is 0 Å². The number of hydrazine groups is 1. The molecule has 0 saturated carbocycles. The van der Waals surface area contributed by atoms with Crippen LogP contribution in [0.25, 0.3) is 0 Å². The van der Waals surface area contributed by atoms with Crippen LogP contribution in [-0.2, 0) is 0 Å². The second-order valence-corrected chi connectivity index (χ2v) is 2.06. The molecule has 0 atom stereocenters. The third-order valence-corrected chi connectivity index (χ3v) is 1.39. The van der Waals surface area contributed by atoms with Crippen molar-refractivity contribution >= 4 is 6.34 Å². The van der Waals surface area contributed by atoms with E-state index in [-0.39, 0.29) is 0 Å². The maximum Gasteiger partial charge on any atom is 0.127 e. The molecule has 0 amide bonds. The Morgan fingerprint density at radius 3 is 3.50 bits per heavy atom. The fourth-order valence-electron chi connectivity index (χ4n) is 0.909. The first-order chi connectivity index (χ1) is 4.97. The van der Waals surface area contributed by atoms with Gasteiger partial charge in [-0.15, -0.1) is 0 Å². The van der Waals surface area contributed by atoms with Crippen molar-refractivity contribution in [3.63, 3.8) is 0 Å². The Bertz CT molecular complexity index is 216. The molecule has 4 nitrogen and oxygen atoms in total. The highest BCUT2D eigenvalue weighted by atomic mass is 15.5. The van der Waals surface area contributed by atoms with Gasteiger partial charge in [0.15, 0.2) is 0 Å². The zero-order valence-electron chi connectivity index (χ0n) is 5.41. The Hall–Kier alpha value is -1.45. The quantitative estimate of drug-likeness (QED) is 0.482. The lowest BCUT2D eigenvalue weighted by atomic mass is 10.4. The first-order valence-electron chi connectivity index (χ1n) is 3.13. The molecule has 2 aliphatic rings.